The summed E-state index contributed by atoms with van der Waals surface area (Å²) in [6.45, 7) is 0. The van der Waals surface area contributed by atoms with E-state index in [0.717, 1.165) is 11.1 Å². The predicted octanol–water partition coefficient (Wildman–Crippen LogP) is 3.67. The van der Waals surface area contributed by atoms with E-state index in [1.165, 1.54) is 18.2 Å². The van der Waals surface area contributed by atoms with Crippen molar-refractivity contribution in [2.45, 2.75) is 4.90 Å². The zero-order chi connectivity index (χ0) is 18.7. The van der Waals surface area contributed by atoms with Gasteiger partial charge in [0.1, 0.15) is 0 Å². The van der Waals surface area contributed by atoms with Crippen molar-refractivity contribution in [3.05, 3.63) is 60.7 Å². The summed E-state index contributed by atoms with van der Waals surface area (Å²) in [4.78, 5) is 15.9. The van der Waals surface area contributed by atoms with Gasteiger partial charge >= 0.3 is 0 Å². The molecule has 7 heteroatoms. The molecule has 0 radical (unpaired) electrons. The third-order valence-electron chi connectivity index (χ3n) is 3.92. The van der Waals surface area contributed by atoms with Gasteiger partial charge in [0.05, 0.1) is 10.6 Å². The molecule has 0 atom stereocenters. The normalized spacial score (nSPS) is 11.0. The minimum absolute atomic E-state index is 0.202. The number of sulfonamides is 1. The van der Waals surface area contributed by atoms with Gasteiger partial charge in [-0.25, -0.2) is 13.2 Å². The highest BCUT2D eigenvalue weighted by Crippen LogP contribution is 2.31. The van der Waals surface area contributed by atoms with E-state index in [9.17, 15) is 13.2 Å². The number of rotatable bonds is 5. The largest absolute Gasteiger partial charge is 0.377 e. The van der Waals surface area contributed by atoms with Gasteiger partial charge in [-0.3, -0.25) is 4.72 Å². The molecular weight excluding hydrogens is 350 g/mol. The minimum atomic E-state index is -3.78. The van der Waals surface area contributed by atoms with Gasteiger partial charge in [-0.1, -0.05) is 24.3 Å². The molecule has 0 aliphatic carbocycles. The maximum Gasteiger partial charge on any atom is 0.262 e. The topological polar surface area (TPSA) is 78.8 Å². The Bertz CT molecular complexity index is 1100. The summed E-state index contributed by atoms with van der Waals surface area (Å²) in [5.74, 6) is 0. The molecule has 0 bridgehead atoms. The van der Waals surface area contributed by atoms with Crippen LogP contribution in [0.3, 0.4) is 0 Å². The summed E-state index contributed by atoms with van der Waals surface area (Å²) in [6.07, 6.45) is 1.44. The number of benzene rings is 3. The number of isocyanates is 1. The van der Waals surface area contributed by atoms with Crippen LogP contribution in [0, 0.1) is 0 Å². The highest BCUT2D eigenvalue weighted by molar-refractivity contribution is 7.93. The second-order valence-electron chi connectivity index (χ2n) is 5.88. The Labute approximate surface area is 151 Å². The van der Waals surface area contributed by atoms with Crippen molar-refractivity contribution in [2.24, 2.45) is 4.99 Å². The van der Waals surface area contributed by atoms with E-state index in [2.05, 4.69) is 9.71 Å². The van der Waals surface area contributed by atoms with E-state index in [4.69, 9.17) is 0 Å². The van der Waals surface area contributed by atoms with Crippen molar-refractivity contribution in [3.8, 4) is 0 Å². The van der Waals surface area contributed by atoms with Gasteiger partial charge in [0.15, 0.2) is 0 Å². The van der Waals surface area contributed by atoms with E-state index in [1.807, 2.05) is 37.2 Å². The molecule has 3 aromatic rings. The Hall–Kier alpha value is -3.15. The van der Waals surface area contributed by atoms with E-state index < -0.39 is 10.0 Å². The second kappa shape index (κ2) is 7.00. The molecule has 6 nitrogen and oxygen atoms in total. The number of aliphatic imine (C=N–C) groups is 1. The van der Waals surface area contributed by atoms with Crippen molar-refractivity contribution in [3.63, 3.8) is 0 Å². The molecule has 0 spiro atoms. The van der Waals surface area contributed by atoms with Crippen molar-refractivity contribution in [1.29, 1.82) is 0 Å². The molecule has 0 fully saturated rings. The van der Waals surface area contributed by atoms with E-state index >= 15 is 0 Å². The van der Waals surface area contributed by atoms with Crippen LogP contribution < -0.4 is 9.62 Å². The lowest BCUT2D eigenvalue weighted by Crippen LogP contribution is -2.14. The Balaban J connectivity index is 2.04. The number of nitrogens with one attached hydrogen (secondary N) is 1. The molecule has 0 unspecified atom stereocenters. The molecule has 3 rings (SSSR count). The number of carbonyl (C=O) groups excluding carboxylic acids is 1. The lowest BCUT2D eigenvalue weighted by molar-refractivity contribution is 0.565. The summed E-state index contributed by atoms with van der Waals surface area (Å²) in [7, 11) is 0.0445. The monoisotopic (exact) mass is 367 g/mol. The molecule has 0 aromatic heterocycles. The standard InChI is InChI=1S/C19H17N3O3S/c1-22(2)18-7-3-6-17-16(18)5-4-8-19(17)26(24,25)21-15-11-9-14(10-12-15)20-13-23/h3-12,21H,1-2H3. The van der Waals surface area contributed by atoms with Gasteiger partial charge < -0.3 is 4.90 Å². The number of fused-ring (bicyclic) bond motifs is 1. The third kappa shape index (κ3) is 3.44. The Morgan fingerprint density at radius 1 is 0.923 bits per heavy atom. The quantitative estimate of drug-likeness (QED) is 0.551. The first-order valence-corrected chi connectivity index (χ1v) is 9.30. The zero-order valence-electron chi connectivity index (χ0n) is 14.3. The van der Waals surface area contributed by atoms with Gasteiger partial charge in [0.25, 0.3) is 10.0 Å². The fourth-order valence-electron chi connectivity index (χ4n) is 2.76. The van der Waals surface area contributed by atoms with Crippen LogP contribution in [0.2, 0.25) is 0 Å². The summed E-state index contributed by atoms with van der Waals surface area (Å²) in [5, 5.41) is 1.50. The minimum Gasteiger partial charge on any atom is -0.377 e. The van der Waals surface area contributed by atoms with Crippen LogP contribution in [0.4, 0.5) is 17.1 Å². The van der Waals surface area contributed by atoms with Crippen LogP contribution in [0.1, 0.15) is 0 Å². The van der Waals surface area contributed by atoms with Crippen LogP contribution in [-0.4, -0.2) is 28.6 Å². The smallest absolute Gasteiger partial charge is 0.262 e. The molecule has 0 saturated carbocycles. The van der Waals surface area contributed by atoms with Crippen LogP contribution >= 0.6 is 0 Å². The fraction of sp³-hybridized carbons (Fsp3) is 0.105. The Morgan fingerprint density at radius 3 is 2.23 bits per heavy atom. The predicted molar refractivity (Wildman–Crippen MR) is 103 cm³/mol. The molecule has 0 aliphatic heterocycles. The van der Waals surface area contributed by atoms with Crippen LogP contribution in [0.15, 0.2) is 70.6 Å². The van der Waals surface area contributed by atoms with Crippen LogP contribution in [-0.2, 0) is 14.8 Å². The summed E-state index contributed by atoms with van der Waals surface area (Å²) in [6, 6.07) is 16.9. The first-order valence-electron chi connectivity index (χ1n) is 7.82. The maximum absolute atomic E-state index is 12.9. The van der Waals surface area contributed by atoms with Crippen molar-refractivity contribution in [1.82, 2.24) is 0 Å². The first-order chi connectivity index (χ1) is 12.4. The van der Waals surface area contributed by atoms with Gasteiger partial charge in [0.2, 0.25) is 6.08 Å². The molecule has 0 amide bonds. The molecule has 26 heavy (non-hydrogen) atoms. The van der Waals surface area contributed by atoms with Crippen LogP contribution in [0.5, 0.6) is 0 Å². The third-order valence-corrected chi connectivity index (χ3v) is 5.36. The van der Waals surface area contributed by atoms with Gasteiger partial charge in [-0.15, -0.1) is 0 Å². The SMILES string of the molecule is CN(C)c1cccc2c(S(=O)(=O)Nc3ccc(N=C=O)cc3)cccc12. The van der Waals surface area contributed by atoms with E-state index in [-0.39, 0.29) is 4.90 Å². The average molecular weight is 367 g/mol. The summed E-state index contributed by atoms with van der Waals surface area (Å²) in [5.41, 5.74) is 1.73. The van der Waals surface area contributed by atoms with Gasteiger partial charge in [0, 0.05) is 36.2 Å². The van der Waals surface area contributed by atoms with E-state index in [0.29, 0.717) is 16.8 Å². The highest BCUT2D eigenvalue weighted by atomic mass is 32.2. The Kier molecular flexibility index (Phi) is 4.75. The first kappa shape index (κ1) is 17.7. The summed E-state index contributed by atoms with van der Waals surface area (Å²) < 4.78 is 28.4. The lowest BCUT2D eigenvalue weighted by Gasteiger charge is -2.17. The molecule has 3 aromatic carbocycles. The van der Waals surface area contributed by atoms with Gasteiger partial charge in [-0.2, -0.15) is 4.99 Å². The molecule has 0 aliphatic rings. The molecule has 132 valence electrons. The highest BCUT2D eigenvalue weighted by Gasteiger charge is 2.18. The number of nitrogens with zero attached hydrogens (tertiary/aromatic N) is 2. The second-order valence-corrected chi connectivity index (χ2v) is 7.53. The fourth-order valence-corrected chi connectivity index (χ4v) is 4.04. The molecular formula is C19H17N3O3S. The van der Waals surface area contributed by atoms with Crippen LogP contribution in [0.25, 0.3) is 10.8 Å². The summed E-state index contributed by atoms with van der Waals surface area (Å²) >= 11 is 0. The lowest BCUT2D eigenvalue weighted by atomic mass is 10.1. The maximum atomic E-state index is 12.9. The van der Waals surface area contributed by atoms with Crippen molar-refractivity contribution >= 4 is 43.9 Å². The molecule has 0 saturated heterocycles. The van der Waals surface area contributed by atoms with Crippen molar-refractivity contribution in [2.75, 3.05) is 23.7 Å². The van der Waals surface area contributed by atoms with E-state index in [1.54, 1.807) is 30.3 Å². The Morgan fingerprint density at radius 2 is 1.58 bits per heavy atom. The average Bonchev–Trinajstić information content (AvgIpc) is 2.62. The zero-order valence-corrected chi connectivity index (χ0v) is 15.1. The number of hydrogen-bond acceptors (Lipinski definition) is 5. The number of anilines is 2. The number of hydrogen-bond donors (Lipinski definition) is 1. The van der Waals surface area contributed by atoms with Crippen molar-refractivity contribution < 1.29 is 13.2 Å². The molecule has 0 heterocycles. The molecule has 1 N–H and O–H groups in total. The van der Waals surface area contributed by atoms with Gasteiger partial charge in [-0.05, 0) is 36.4 Å².